The largest absolute Gasteiger partial charge is 0.483 e. The number of fused-ring (bicyclic) bond motifs is 1. The summed E-state index contributed by atoms with van der Waals surface area (Å²) in [4.78, 5) is 11.4. The maximum absolute atomic E-state index is 11.4. The molecule has 0 saturated heterocycles. The molecule has 1 saturated carbocycles. The molecule has 0 aromatic heterocycles. The Hall–Kier alpha value is -2.15. The van der Waals surface area contributed by atoms with Gasteiger partial charge in [0.25, 0.3) is 0 Å². The predicted octanol–water partition coefficient (Wildman–Crippen LogP) is 2.31. The second-order valence-electron chi connectivity index (χ2n) is 6.42. The fraction of sp³-hybridized carbons (Fsp3) is 0.500. The normalized spacial score (nSPS) is 17.7. The van der Waals surface area contributed by atoms with E-state index < -0.39 is 0 Å². The molecule has 1 aromatic rings. The van der Waals surface area contributed by atoms with Crippen molar-refractivity contribution in [3.8, 4) is 23.3 Å². The van der Waals surface area contributed by atoms with Crippen LogP contribution in [0.15, 0.2) is 18.2 Å². The zero-order valence-electron chi connectivity index (χ0n) is 13.1. The van der Waals surface area contributed by atoms with Crippen LogP contribution in [-0.4, -0.2) is 24.7 Å². The maximum atomic E-state index is 11.4. The molecule has 0 bridgehead atoms. The van der Waals surface area contributed by atoms with Gasteiger partial charge in [-0.2, -0.15) is 0 Å². The number of carbonyl (C=O) groups is 1. The van der Waals surface area contributed by atoms with Crippen molar-refractivity contribution < 1.29 is 14.3 Å². The fourth-order valence-electron chi connectivity index (χ4n) is 2.55. The molecule has 1 aliphatic carbocycles. The molecule has 22 heavy (non-hydrogen) atoms. The highest BCUT2D eigenvalue weighted by Gasteiger charge is 2.32. The van der Waals surface area contributed by atoms with Crippen LogP contribution in [0.4, 0.5) is 0 Å². The molecule has 0 spiro atoms. The van der Waals surface area contributed by atoms with Crippen molar-refractivity contribution in [3.63, 3.8) is 0 Å². The highest BCUT2D eigenvalue weighted by Crippen LogP contribution is 2.41. The minimum atomic E-state index is -0.180. The van der Waals surface area contributed by atoms with Crippen LogP contribution in [0.2, 0.25) is 0 Å². The second kappa shape index (κ2) is 5.92. The smallest absolute Gasteiger partial charge is 0.223 e. The minimum Gasteiger partial charge on any atom is -0.483 e. The molecule has 3 rings (SSSR count). The lowest BCUT2D eigenvalue weighted by molar-refractivity contribution is -0.122. The van der Waals surface area contributed by atoms with Crippen molar-refractivity contribution >= 4 is 5.91 Å². The number of para-hydroxylation sites is 1. The number of nitrogens with one attached hydrogen (secondary N) is 1. The summed E-state index contributed by atoms with van der Waals surface area (Å²) < 4.78 is 11.6. The van der Waals surface area contributed by atoms with Crippen LogP contribution in [0.1, 0.15) is 32.3 Å². The van der Waals surface area contributed by atoms with Gasteiger partial charge in [0.15, 0.2) is 11.5 Å². The lowest BCUT2D eigenvalue weighted by Crippen LogP contribution is -2.25. The molecule has 116 valence electrons. The summed E-state index contributed by atoms with van der Waals surface area (Å²) in [5.74, 6) is 7.73. The third-order valence-electron chi connectivity index (χ3n) is 3.78. The first-order chi connectivity index (χ1) is 10.6. The van der Waals surface area contributed by atoms with Gasteiger partial charge in [-0.3, -0.25) is 4.79 Å². The van der Waals surface area contributed by atoms with Crippen LogP contribution < -0.4 is 14.8 Å². The molecular weight excluding hydrogens is 278 g/mol. The van der Waals surface area contributed by atoms with Crippen molar-refractivity contribution in [2.75, 3.05) is 13.2 Å². The summed E-state index contributed by atoms with van der Waals surface area (Å²) in [5.41, 5.74) is 0.993. The Morgan fingerprint density at radius 2 is 2.23 bits per heavy atom. The molecule has 0 unspecified atom stereocenters. The zero-order valence-corrected chi connectivity index (χ0v) is 13.1. The molecule has 1 fully saturated rings. The van der Waals surface area contributed by atoms with Crippen LogP contribution in [0.25, 0.3) is 0 Å². The lowest BCUT2D eigenvalue weighted by Gasteiger charge is -2.17. The van der Waals surface area contributed by atoms with E-state index in [4.69, 9.17) is 9.47 Å². The summed E-state index contributed by atoms with van der Waals surface area (Å²) in [5, 5.41) is 2.80. The van der Waals surface area contributed by atoms with Gasteiger partial charge in [-0.25, -0.2) is 0 Å². The summed E-state index contributed by atoms with van der Waals surface area (Å²) >= 11 is 0. The number of ether oxygens (including phenoxy) is 2. The first kappa shape index (κ1) is 14.8. The molecule has 4 nitrogen and oxygen atoms in total. The monoisotopic (exact) mass is 299 g/mol. The molecule has 1 aromatic carbocycles. The van der Waals surface area contributed by atoms with Gasteiger partial charge in [0.2, 0.25) is 5.91 Å². The maximum Gasteiger partial charge on any atom is 0.223 e. The topological polar surface area (TPSA) is 47.6 Å². The Labute approximate surface area is 131 Å². The third kappa shape index (κ3) is 3.54. The summed E-state index contributed by atoms with van der Waals surface area (Å²) in [7, 11) is 0. The Balaban J connectivity index is 1.49. The van der Waals surface area contributed by atoms with Gasteiger partial charge in [-0.1, -0.05) is 24.0 Å². The van der Waals surface area contributed by atoms with Crippen molar-refractivity contribution in [2.24, 2.45) is 5.92 Å². The van der Waals surface area contributed by atoms with Crippen molar-refractivity contribution in [1.29, 1.82) is 0 Å². The van der Waals surface area contributed by atoms with E-state index in [1.165, 1.54) is 5.56 Å². The molecule has 1 heterocycles. The number of benzene rings is 1. The Bertz CT molecular complexity index is 635. The first-order valence-corrected chi connectivity index (χ1v) is 7.72. The van der Waals surface area contributed by atoms with Crippen molar-refractivity contribution in [3.05, 3.63) is 23.8 Å². The summed E-state index contributed by atoms with van der Waals surface area (Å²) in [6.07, 6.45) is 2.91. The zero-order chi connectivity index (χ0) is 15.6. The summed E-state index contributed by atoms with van der Waals surface area (Å²) in [6.45, 7) is 4.81. The number of hydrogen-bond acceptors (Lipinski definition) is 3. The lowest BCUT2D eigenvalue weighted by atomic mass is 10.0. The number of rotatable bonds is 4. The van der Waals surface area contributed by atoms with E-state index in [9.17, 15) is 4.79 Å². The van der Waals surface area contributed by atoms with Gasteiger partial charge in [0, 0.05) is 17.9 Å². The number of amides is 1. The average Bonchev–Trinajstić information content (AvgIpc) is 3.25. The fourth-order valence-corrected chi connectivity index (χ4v) is 2.55. The van der Waals surface area contributed by atoms with E-state index in [0.717, 1.165) is 30.8 Å². The SMILES string of the molecule is CC1(C)Cc2cccc(OCC#CCNC(=O)C3CC3)c2O1. The average molecular weight is 299 g/mol. The highest BCUT2D eigenvalue weighted by atomic mass is 16.5. The van der Waals surface area contributed by atoms with E-state index in [2.05, 4.69) is 37.1 Å². The molecule has 1 amide bonds. The van der Waals surface area contributed by atoms with Gasteiger partial charge in [0.05, 0.1) is 6.54 Å². The van der Waals surface area contributed by atoms with Crippen LogP contribution in [0, 0.1) is 17.8 Å². The van der Waals surface area contributed by atoms with Crippen LogP contribution in [0.5, 0.6) is 11.5 Å². The molecule has 1 N–H and O–H groups in total. The van der Waals surface area contributed by atoms with Gasteiger partial charge >= 0.3 is 0 Å². The third-order valence-corrected chi connectivity index (χ3v) is 3.78. The Morgan fingerprint density at radius 1 is 1.41 bits per heavy atom. The van der Waals surface area contributed by atoms with E-state index in [1.54, 1.807) is 0 Å². The molecule has 1 aliphatic heterocycles. The quantitative estimate of drug-likeness (QED) is 0.868. The predicted molar refractivity (Wildman–Crippen MR) is 83.9 cm³/mol. The van der Waals surface area contributed by atoms with Gasteiger partial charge < -0.3 is 14.8 Å². The number of carbonyl (C=O) groups excluding carboxylic acids is 1. The Morgan fingerprint density at radius 3 is 3.00 bits per heavy atom. The van der Waals surface area contributed by atoms with Crippen LogP contribution in [-0.2, 0) is 11.2 Å². The van der Waals surface area contributed by atoms with Gasteiger partial charge in [-0.15, -0.1) is 0 Å². The molecule has 0 atom stereocenters. The van der Waals surface area contributed by atoms with Gasteiger partial charge in [-0.05, 0) is 32.8 Å². The van der Waals surface area contributed by atoms with E-state index in [1.807, 2.05) is 12.1 Å². The highest BCUT2D eigenvalue weighted by molar-refractivity contribution is 5.81. The van der Waals surface area contributed by atoms with Crippen LogP contribution in [0.3, 0.4) is 0 Å². The van der Waals surface area contributed by atoms with Gasteiger partial charge in [0.1, 0.15) is 12.2 Å². The first-order valence-electron chi connectivity index (χ1n) is 7.72. The van der Waals surface area contributed by atoms with E-state index >= 15 is 0 Å². The standard InChI is InChI=1S/C18H21NO3/c1-18(2)12-14-6-5-7-15(16(14)22-18)21-11-4-3-10-19-17(20)13-8-9-13/h5-7,13H,8-12H2,1-2H3,(H,19,20). The molecule has 4 heteroatoms. The minimum absolute atomic E-state index is 0.117. The van der Waals surface area contributed by atoms with Crippen molar-refractivity contribution in [2.45, 2.75) is 38.7 Å². The molecular formula is C18H21NO3. The molecule has 0 radical (unpaired) electrons. The van der Waals surface area contributed by atoms with E-state index in [-0.39, 0.29) is 17.4 Å². The van der Waals surface area contributed by atoms with Crippen LogP contribution >= 0.6 is 0 Å². The van der Waals surface area contributed by atoms with Crippen molar-refractivity contribution in [1.82, 2.24) is 5.32 Å². The Kier molecular flexibility index (Phi) is 3.98. The summed E-state index contributed by atoms with van der Waals surface area (Å²) in [6, 6.07) is 5.94. The molecule has 2 aliphatic rings. The van der Waals surface area contributed by atoms with E-state index in [0.29, 0.717) is 13.2 Å². The second-order valence-corrected chi connectivity index (χ2v) is 6.42. The number of hydrogen-bond donors (Lipinski definition) is 1.